The molecule has 2 aromatic rings. The van der Waals surface area contributed by atoms with Crippen molar-refractivity contribution in [2.75, 3.05) is 6.54 Å². The van der Waals surface area contributed by atoms with Gasteiger partial charge in [-0.25, -0.2) is 0 Å². The summed E-state index contributed by atoms with van der Waals surface area (Å²) in [6.07, 6.45) is -0.703. The van der Waals surface area contributed by atoms with Gasteiger partial charge in [0.2, 0.25) is 0 Å². The minimum Gasteiger partial charge on any atom is -0.387 e. The molecule has 0 aliphatic heterocycles. The molecule has 0 spiro atoms. The molecule has 0 aliphatic carbocycles. The molecule has 0 fully saturated rings. The highest BCUT2D eigenvalue weighted by molar-refractivity contribution is 5.94. The lowest BCUT2D eigenvalue weighted by Crippen LogP contribution is -2.28. The zero-order chi connectivity index (χ0) is 17.0. The monoisotopic (exact) mass is 311 g/mol. The topological polar surface area (TPSA) is 49.3 Å². The fourth-order valence-electron chi connectivity index (χ4n) is 2.62. The Labute approximate surface area is 138 Å². The van der Waals surface area contributed by atoms with Crippen molar-refractivity contribution in [3.8, 4) is 0 Å². The van der Waals surface area contributed by atoms with E-state index in [1.165, 1.54) is 5.56 Å². The minimum absolute atomic E-state index is 0.158. The number of hydrogen-bond acceptors (Lipinski definition) is 2. The van der Waals surface area contributed by atoms with Crippen LogP contribution in [0.1, 0.15) is 58.5 Å². The average Bonchev–Trinajstić information content (AvgIpc) is 2.51. The average molecular weight is 311 g/mol. The van der Waals surface area contributed by atoms with Crippen LogP contribution in [0, 0.1) is 13.8 Å². The van der Waals surface area contributed by atoms with Crippen molar-refractivity contribution in [3.05, 3.63) is 70.3 Å². The first kappa shape index (κ1) is 17.2. The van der Waals surface area contributed by atoms with Crippen molar-refractivity contribution in [1.82, 2.24) is 5.32 Å². The first-order chi connectivity index (χ1) is 10.9. The van der Waals surface area contributed by atoms with Crippen LogP contribution < -0.4 is 5.32 Å². The zero-order valence-electron chi connectivity index (χ0n) is 14.3. The summed E-state index contributed by atoms with van der Waals surface area (Å²) < 4.78 is 0. The van der Waals surface area contributed by atoms with Gasteiger partial charge in [0.15, 0.2) is 0 Å². The van der Waals surface area contributed by atoms with Crippen LogP contribution >= 0.6 is 0 Å². The van der Waals surface area contributed by atoms with Crippen LogP contribution in [0.3, 0.4) is 0 Å². The number of carbonyl (C=O) groups excluding carboxylic acids is 1. The molecule has 2 rings (SSSR count). The number of aryl methyl sites for hydroxylation is 2. The molecule has 0 saturated heterocycles. The van der Waals surface area contributed by atoms with Gasteiger partial charge in [0.25, 0.3) is 5.91 Å². The smallest absolute Gasteiger partial charge is 0.251 e. The summed E-state index contributed by atoms with van der Waals surface area (Å²) in [5, 5.41) is 13.0. The van der Waals surface area contributed by atoms with Gasteiger partial charge in [-0.1, -0.05) is 55.3 Å². The molecule has 3 heteroatoms. The van der Waals surface area contributed by atoms with E-state index >= 15 is 0 Å². The maximum absolute atomic E-state index is 12.2. The van der Waals surface area contributed by atoms with Gasteiger partial charge in [-0.05, 0) is 43.0 Å². The van der Waals surface area contributed by atoms with E-state index in [0.29, 0.717) is 11.5 Å². The Bertz CT molecular complexity index is 654. The Morgan fingerprint density at radius 1 is 1.00 bits per heavy atom. The lowest BCUT2D eigenvalue weighted by molar-refractivity contribution is 0.0916. The summed E-state index contributed by atoms with van der Waals surface area (Å²) in [7, 11) is 0. The summed E-state index contributed by atoms with van der Waals surface area (Å²) in [4.78, 5) is 12.2. The van der Waals surface area contributed by atoms with Crippen molar-refractivity contribution in [2.45, 2.75) is 39.7 Å². The van der Waals surface area contributed by atoms with Crippen molar-refractivity contribution < 1.29 is 9.90 Å². The summed E-state index contributed by atoms with van der Waals surface area (Å²) in [6.45, 7) is 8.40. The highest BCUT2D eigenvalue weighted by Crippen LogP contribution is 2.18. The molecule has 122 valence electrons. The second-order valence-electron chi connectivity index (χ2n) is 6.42. The molecular weight excluding hydrogens is 286 g/mol. The summed E-state index contributed by atoms with van der Waals surface area (Å²) in [5.74, 6) is 0.306. The van der Waals surface area contributed by atoms with Crippen molar-refractivity contribution in [3.63, 3.8) is 0 Å². The molecule has 0 radical (unpaired) electrons. The molecule has 0 aliphatic rings. The Hall–Kier alpha value is -2.13. The molecule has 2 N–H and O–H groups in total. The molecule has 1 atom stereocenters. The third-order valence-corrected chi connectivity index (χ3v) is 3.93. The van der Waals surface area contributed by atoms with Crippen LogP contribution in [0.4, 0.5) is 0 Å². The molecule has 2 aromatic carbocycles. The number of aliphatic hydroxyl groups excluding tert-OH is 1. The lowest BCUT2D eigenvalue weighted by atomic mass is 10.00. The molecule has 0 bridgehead atoms. The predicted octanol–water partition coefficient (Wildman–Crippen LogP) is 3.89. The lowest BCUT2D eigenvalue weighted by Gasteiger charge is -2.14. The maximum atomic E-state index is 12.2. The van der Waals surface area contributed by atoms with E-state index < -0.39 is 6.10 Å². The van der Waals surface area contributed by atoms with E-state index in [0.717, 1.165) is 16.7 Å². The van der Waals surface area contributed by atoms with Crippen LogP contribution in [-0.4, -0.2) is 17.6 Å². The highest BCUT2D eigenvalue weighted by atomic mass is 16.3. The van der Waals surface area contributed by atoms with Crippen LogP contribution in [0.15, 0.2) is 42.5 Å². The van der Waals surface area contributed by atoms with Crippen LogP contribution in [0.25, 0.3) is 0 Å². The van der Waals surface area contributed by atoms with Crippen molar-refractivity contribution in [2.24, 2.45) is 0 Å². The van der Waals surface area contributed by atoms with Crippen LogP contribution in [0.2, 0.25) is 0 Å². The quantitative estimate of drug-likeness (QED) is 0.880. The molecular formula is C20H25NO2. The molecule has 0 heterocycles. The number of aliphatic hydroxyl groups is 1. The van der Waals surface area contributed by atoms with Gasteiger partial charge in [0.1, 0.15) is 0 Å². The number of nitrogens with one attached hydrogen (secondary N) is 1. The standard InChI is InChI=1S/C20H25NO2/c1-13(2)16-5-7-17(8-6-16)19(22)12-21-20(23)18-10-14(3)9-15(4)11-18/h5-11,13,19,22H,12H2,1-4H3,(H,21,23). The fraction of sp³-hybridized carbons (Fsp3) is 0.350. The third kappa shape index (κ3) is 4.67. The third-order valence-electron chi connectivity index (χ3n) is 3.93. The van der Waals surface area contributed by atoms with E-state index in [1.807, 2.05) is 56.3 Å². The van der Waals surface area contributed by atoms with E-state index in [4.69, 9.17) is 0 Å². The van der Waals surface area contributed by atoms with Gasteiger partial charge in [-0.2, -0.15) is 0 Å². The van der Waals surface area contributed by atoms with Gasteiger partial charge in [-0.3, -0.25) is 4.79 Å². The van der Waals surface area contributed by atoms with Crippen molar-refractivity contribution in [1.29, 1.82) is 0 Å². The Morgan fingerprint density at radius 3 is 2.04 bits per heavy atom. The number of benzene rings is 2. The van der Waals surface area contributed by atoms with E-state index in [9.17, 15) is 9.90 Å². The largest absolute Gasteiger partial charge is 0.387 e. The fourth-order valence-corrected chi connectivity index (χ4v) is 2.62. The zero-order valence-corrected chi connectivity index (χ0v) is 14.3. The van der Waals surface area contributed by atoms with Crippen LogP contribution in [0.5, 0.6) is 0 Å². The highest BCUT2D eigenvalue weighted by Gasteiger charge is 2.12. The van der Waals surface area contributed by atoms with Gasteiger partial charge < -0.3 is 10.4 Å². The molecule has 0 saturated carbocycles. The summed E-state index contributed by atoms with van der Waals surface area (Å²) >= 11 is 0. The van der Waals surface area contributed by atoms with E-state index in [1.54, 1.807) is 0 Å². The first-order valence-electron chi connectivity index (χ1n) is 8.01. The number of hydrogen-bond donors (Lipinski definition) is 2. The normalized spacial score (nSPS) is 12.3. The van der Waals surface area contributed by atoms with E-state index in [-0.39, 0.29) is 12.5 Å². The minimum atomic E-state index is -0.703. The van der Waals surface area contributed by atoms with Crippen LogP contribution in [-0.2, 0) is 0 Å². The van der Waals surface area contributed by atoms with Gasteiger partial charge >= 0.3 is 0 Å². The first-order valence-corrected chi connectivity index (χ1v) is 8.01. The second-order valence-corrected chi connectivity index (χ2v) is 6.42. The molecule has 23 heavy (non-hydrogen) atoms. The maximum Gasteiger partial charge on any atom is 0.251 e. The SMILES string of the molecule is Cc1cc(C)cc(C(=O)NCC(O)c2ccc(C(C)C)cc2)c1. The molecule has 0 aromatic heterocycles. The number of carbonyl (C=O) groups is 1. The predicted molar refractivity (Wildman–Crippen MR) is 93.7 cm³/mol. The molecule has 1 unspecified atom stereocenters. The van der Waals surface area contributed by atoms with E-state index in [2.05, 4.69) is 19.2 Å². The Morgan fingerprint density at radius 2 is 1.52 bits per heavy atom. The number of amides is 1. The van der Waals surface area contributed by atoms with Gasteiger partial charge in [0, 0.05) is 12.1 Å². The van der Waals surface area contributed by atoms with Crippen molar-refractivity contribution >= 4 is 5.91 Å². The number of rotatable bonds is 5. The second kappa shape index (κ2) is 7.42. The summed E-state index contributed by atoms with van der Waals surface area (Å²) in [6, 6.07) is 13.6. The molecule has 3 nitrogen and oxygen atoms in total. The molecule has 1 amide bonds. The Kier molecular flexibility index (Phi) is 5.56. The Balaban J connectivity index is 1.97. The van der Waals surface area contributed by atoms with Gasteiger partial charge in [0.05, 0.1) is 6.10 Å². The van der Waals surface area contributed by atoms with Gasteiger partial charge in [-0.15, -0.1) is 0 Å². The summed E-state index contributed by atoms with van der Waals surface area (Å²) in [5.41, 5.74) is 4.79.